The van der Waals surface area contributed by atoms with E-state index in [0.29, 0.717) is 0 Å². The molecule has 0 aromatic carbocycles. The number of hydrogen-bond acceptors (Lipinski definition) is 5. The van der Waals surface area contributed by atoms with E-state index in [-0.39, 0.29) is 5.39 Å². The van der Waals surface area contributed by atoms with Crippen molar-refractivity contribution in [3.8, 4) is 11.6 Å². The quantitative estimate of drug-likeness (QED) is 0.670. The van der Waals surface area contributed by atoms with Gasteiger partial charge in [0.2, 0.25) is 5.88 Å². The molecule has 0 saturated heterocycles. The number of pyridine rings is 2. The van der Waals surface area contributed by atoms with E-state index < -0.39 is 39.6 Å². The molecule has 17 heavy (non-hydrogen) atoms. The summed E-state index contributed by atoms with van der Waals surface area (Å²) >= 11 is 5.39. The number of rotatable bonds is 1. The zero-order valence-electron chi connectivity index (χ0n) is 7.98. The highest BCUT2D eigenvalue weighted by atomic mass is 35.5. The van der Waals surface area contributed by atoms with Crippen molar-refractivity contribution in [2.24, 2.45) is 0 Å². The third-order valence-corrected chi connectivity index (χ3v) is 2.36. The van der Waals surface area contributed by atoms with Crippen molar-refractivity contribution in [3.05, 3.63) is 22.7 Å². The highest BCUT2D eigenvalue weighted by Crippen LogP contribution is 2.34. The molecule has 6 nitrogen and oxygen atoms in total. The third-order valence-electron chi connectivity index (χ3n) is 2.10. The number of carbonyl (C=O) groups is 1. The Morgan fingerprint density at radius 1 is 1.41 bits per heavy atom. The van der Waals surface area contributed by atoms with Crippen LogP contribution in [0.4, 0.5) is 4.39 Å². The zero-order valence-corrected chi connectivity index (χ0v) is 8.73. The van der Waals surface area contributed by atoms with Crippen LogP contribution in [0.15, 0.2) is 6.20 Å². The van der Waals surface area contributed by atoms with Crippen LogP contribution in [0, 0.1) is 5.82 Å². The Morgan fingerprint density at radius 3 is 2.65 bits per heavy atom. The van der Waals surface area contributed by atoms with Gasteiger partial charge in [-0.15, -0.1) is 0 Å². The Labute approximate surface area is 97.9 Å². The van der Waals surface area contributed by atoms with Gasteiger partial charge < -0.3 is 15.3 Å². The monoisotopic (exact) mass is 258 g/mol. The Bertz CT molecular complexity index is 647. The van der Waals surface area contributed by atoms with Crippen LogP contribution in [0.1, 0.15) is 10.4 Å². The van der Waals surface area contributed by atoms with Gasteiger partial charge in [0.25, 0.3) is 0 Å². The van der Waals surface area contributed by atoms with Gasteiger partial charge >= 0.3 is 5.97 Å². The molecule has 2 aromatic rings. The van der Waals surface area contributed by atoms with Crippen LogP contribution in [0.2, 0.25) is 5.15 Å². The molecule has 0 saturated carbocycles. The van der Waals surface area contributed by atoms with Crippen molar-refractivity contribution < 1.29 is 24.5 Å². The topological polar surface area (TPSA) is 104 Å². The highest BCUT2D eigenvalue weighted by Gasteiger charge is 2.22. The molecule has 88 valence electrons. The SMILES string of the molecule is O=C(O)c1c(O)nc2c(F)c(Cl)ncc2c1O. The molecule has 0 radical (unpaired) electrons. The van der Waals surface area contributed by atoms with E-state index in [1.54, 1.807) is 0 Å². The highest BCUT2D eigenvalue weighted by molar-refractivity contribution is 6.30. The van der Waals surface area contributed by atoms with Crippen molar-refractivity contribution in [1.82, 2.24) is 9.97 Å². The van der Waals surface area contributed by atoms with Gasteiger partial charge in [0.05, 0.1) is 5.39 Å². The van der Waals surface area contributed by atoms with Gasteiger partial charge in [-0.1, -0.05) is 11.6 Å². The fourth-order valence-corrected chi connectivity index (χ4v) is 1.48. The van der Waals surface area contributed by atoms with Gasteiger partial charge in [-0.25, -0.2) is 19.2 Å². The molecule has 0 aliphatic carbocycles. The van der Waals surface area contributed by atoms with E-state index in [4.69, 9.17) is 16.7 Å². The van der Waals surface area contributed by atoms with Gasteiger partial charge in [-0.2, -0.15) is 0 Å². The molecule has 0 spiro atoms. The number of carboxylic acids is 1. The number of fused-ring (bicyclic) bond motifs is 1. The maximum absolute atomic E-state index is 13.5. The maximum atomic E-state index is 13.5. The molecule has 3 N–H and O–H groups in total. The molecule has 2 heterocycles. The van der Waals surface area contributed by atoms with Crippen LogP contribution >= 0.6 is 11.6 Å². The predicted molar refractivity (Wildman–Crippen MR) is 54.8 cm³/mol. The van der Waals surface area contributed by atoms with Gasteiger partial charge in [-0.05, 0) is 0 Å². The van der Waals surface area contributed by atoms with Crippen LogP contribution in [-0.2, 0) is 0 Å². The lowest BCUT2D eigenvalue weighted by Gasteiger charge is -2.06. The summed E-state index contributed by atoms with van der Waals surface area (Å²) in [6.45, 7) is 0. The lowest BCUT2D eigenvalue weighted by atomic mass is 10.1. The fourth-order valence-electron chi connectivity index (χ4n) is 1.34. The minimum Gasteiger partial charge on any atom is -0.506 e. The number of hydrogen-bond donors (Lipinski definition) is 3. The Balaban J connectivity index is 2.96. The van der Waals surface area contributed by atoms with Crippen LogP contribution in [0.3, 0.4) is 0 Å². The Kier molecular flexibility index (Phi) is 2.47. The fraction of sp³-hybridized carbons (Fsp3) is 0. The second-order valence-electron chi connectivity index (χ2n) is 3.09. The Morgan fingerprint density at radius 2 is 2.06 bits per heavy atom. The summed E-state index contributed by atoms with van der Waals surface area (Å²) in [5.41, 5.74) is -1.27. The molecule has 0 aliphatic heterocycles. The summed E-state index contributed by atoms with van der Waals surface area (Å²) in [4.78, 5) is 17.5. The average molecular weight is 259 g/mol. The summed E-state index contributed by atoms with van der Waals surface area (Å²) in [6.07, 6.45) is 0.967. The predicted octanol–water partition coefficient (Wildman–Crippen LogP) is 1.53. The van der Waals surface area contributed by atoms with E-state index in [0.717, 1.165) is 6.20 Å². The molecule has 0 aliphatic rings. The number of nitrogens with zero attached hydrogens (tertiary/aromatic N) is 2. The van der Waals surface area contributed by atoms with Gasteiger partial charge in [0.15, 0.2) is 16.5 Å². The lowest BCUT2D eigenvalue weighted by molar-refractivity contribution is 0.0690. The van der Waals surface area contributed by atoms with E-state index in [1.165, 1.54) is 0 Å². The molecule has 0 fully saturated rings. The van der Waals surface area contributed by atoms with E-state index in [1.807, 2.05) is 0 Å². The summed E-state index contributed by atoms with van der Waals surface area (Å²) in [5.74, 6) is -4.46. The van der Waals surface area contributed by atoms with Crippen LogP contribution in [0.25, 0.3) is 10.9 Å². The first-order valence-corrected chi connectivity index (χ1v) is 4.60. The first-order chi connectivity index (χ1) is 7.93. The van der Waals surface area contributed by atoms with Crippen LogP contribution < -0.4 is 0 Å². The van der Waals surface area contributed by atoms with Gasteiger partial charge in [0.1, 0.15) is 11.3 Å². The second-order valence-corrected chi connectivity index (χ2v) is 3.45. The van der Waals surface area contributed by atoms with Crippen LogP contribution in [-0.4, -0.2) is 31.3 Å². The molecule has 0 unspecified atom stereocenters. The maximum Gasteiger partial charge on any atom is 0.345 e. The van der Waals surface area contributed by atoms with Crippen molar-refractivity contribution in [1.29, 1.82) is 0 Å². The minimum absolute atomic E-state index is 0.248. The Hall–Kier alpha value is -2.15. The largest absolute Gasteiger partial charge is 0.506 e. The molecular weight excluding hydrogens is 255 g/mol. The molecular formula is C9H4ClFN2O4. The van der Waals surface area contributed by atoms with Crippen molar-refractivity contribution >= 4 is 28.5 Å². The zero-order chi connectivity index (χ0) is 12.7. The normalized spacial score (nSPS) is 10.7. The number of carboxylic acid groups (broad SMARTS) is 1. The van der Waals surface area contributed by atoms with E-state index in [9.17, 15) is 19.4 Å². The summed E-state index contributed by atoms with van der Waals surface area (Å²) in [5, 5.41) is 26.9. The minimum atomic E-state index is -1.59. The summed E-state index contributed by atoms with van der Waals surface area (Å²) in [6, 6.07) is 0. The number of halogens is 2. The lowest BCUT2D eigenvalue weighted by Crippen LogP contribution is -2.01. The molecule has 0 amide bonds. The number of aromatic hydroxyl groups is 2. The summed E-state index contributed by atoms with van der Waals surface area (Å²) in [7, 11) is 0. The summed E-state index contributed by atoms with van der Waals surface area (Å²) < 4.78 is 13.5. The molecule has 2 rings (SSSR count). The van der Waals surface area contributed by atoms with Crippen molar-refractivity contribution in [2.45, 2.75) is 0 Å². The molecule has 0 bridgehead atoms. The number of aromatic carboxylic acids is 1. The number of aromatic nitrogens is 2. The van der Waals surface area contributed by atoms with Gasteiger partial charge in [-0.3, -0.25) is 0 Å². The van der Waals surface area contributed by atoms with E-state index >= 15 is 0 Å². The molecule has 8 heteroatoms. The first-order valence-electron chi connectivity index (χ1n) is 4.22. The molecule has 2 aromatic heterocycles. The second kappa shape index (κ2) is 3.70. The average Bonchev–Trinajstić information content (AvgIpc) is 2.23. The third kappa shape index (κ3) is 1.60. The molecule has 0 atom stereocenters. The van der Waals surface area contributed by atoms with Gasteiger partial charge in [0, 0.05) is 6.20 Å². The van der Waals surface area contributed by atoms with E-state index in [2.05, 4.69) is 9.97 Å². The van der Waals surface area contributed by atoms with Crippen LogP contribution in [0.5, 0.6) is 11.6 Å². The smallest absolute Gasteiger partial charge is 0.345 e. The van der Waals surface area contributed by atoms with Crippen molar-refractivity contribution in [2.75, 3.05) is 0 Å². The van der Waals surface area contributed by atoms with Crippen molar-refractivity contribution in [3.63, 3.8) is 0 Å². The first kappa shape index (κ1) is 11.3. The standard InChI is InChI=1S/C9H4ClFN2O4/c10-7-4(11)5-2(1-12-7)6(14)3(9(16)17)8(15)13-5/h1H,(H,16,17)(H2,13,14,15).